The van der Waals surface area contributed by atoms with Gasteiger partial charge in [0.15, 0.2) is 23.5 Å². The number of hydrogen-bond donors (Lipinski definition) is 1. The van der Waals surface area contributed by atoms with Crippen molar-refractivity contribution in [1.29, 1.82) is 0 Å². The van der Waals surface area contributed by atoms with Crippen molar-refractivity contribution in [2.45, 2.75) is 52.4 Å². The van der Waals surface area contributed by atoms with Gasteiger partial charge in [-0.2, -0.15) is 0 Å². The van der Waals surface area contributed by atoms with Gasteiger partial charge in [0.1, 0.15) is 17.1 Å². The molecule has 4 aromatic rings. The van der Waals surface area contributed by atoms with Gasteiger partial charge in [-0.1, -0.05) is 6.07 Å². The van der Waals surface area contributed by atoms with E-state index < -0.39 is 29.4 Å². The number of aliphatic hydroxyl groups is 1. The topological polar surface area (TPSA) is 92.9 Å². The van der Waals surface area contributed by atoms with Crippen molar-refractivity contribution in [1.82, 2.24) is 19.4 Å². The molecule has 0 bridgehead atoms. The maximum Gasteiger partial charge on any atom is 0.268 e. The molecule has 4 heterocycles. The Balaban J connectivity index is 1.64. The number of hydrogen-bond acceptors (Lipinski definition) is 6. The Morgan fingerprint density at radius 3 is 2.53 bits per heavy atom. The first kappa shape index (κ1) is 23.8. The third kappa shape index (κ3) is 3.78. The van der Waals surface area contributed by atoms with Gasteiger partial charge in [-0.05, 0) is 46.8 Å². The second-order valence-corrected chi connectivity index (χ2v) is 9.43. The lowest BCUT2D eigenvalue weighted by molar-refractivity contribution is -0.126. The van der Waals surface area contributed by atoms with Crippen LogP contribution in [0.5, 0.6) is 5.75 Å². The number of imidazole rings is 1. The number of para-hydroxylation sites is 1. The molecule has 1 unspecified atom stereocenters. The van der Waals surface area contributed by atoms with Gasteiger partial charge in [-0.15, -0.1) is 0 Å². The van der Waals surface area contributed by atoms with E-state index in [1.54, 1.807) is 44.4 Å². The highest BCUT2D eigenvalue weighted by molar-refractivity contribution is 6.00. The number of aromatic nitrogens is 4. The SMILES string of the molecule is Cc1nc2cc(F)c(-c3cnc(C(C)(C)O)nc3)cn2c1C(C)N1C(=O)[C@@H](C)Oc2c(F)cccc21. The first-order valence-corrected chi connectivity index (χ1v) is 11.5. The quantitative estimate of drug-likeness (QED) is 0.451. The third-order valence-corrected chi connectivity index (χ3v) is 6.31. The van der Waals surface area contributed by atoms with Crippen molar-refractivity contribution >= 4 is 17.2 Å². The molecule has 5 rings (SSSR count). The molecule has 0 saturated carbocycles. The summed E-state index contributed by atoms with van der Waals surface area (Å²) in [6.07, 6.45) is 3.60. The Morgan fingerprint density at radius 2 is 1.86 bits per heavy atom. The summed E-state index contributed by atoms with van der Waals surface area (Å²) in [5, 5.41) is 10.1. The summed E-state index contributed by atoms with van der Waals surface area (Å²) in [7, 11) is 0. The number of halogens is 2. The fraction of sp³-hybridized carbons (Fsp3) is 0.308. The van der Waals surface area contributed by atoms with Gasteiger partial charge in [0.2, 0.25) is 0 Å². The number of aryl methyl sites for hydroxylation is 1. The van der Waals surface area contributed by atoms with Crippen LogP contribution in [0.2, 0.25) is 0 Å². The van der Waals surface area contributed by atoms with E-state index in [0.717, 1.165) is 0 Å². The molecule has 10 heteroatoms. The summed E-state index contributed by atoms with van der Waals surface area (Å²) in [6.45, 7) is 8.29. The molecule has 1 aliphatic rings. The van der Waals surface area contributed by atoms with Crippen molar-refractivity contribution < 1.29 is 23.4 Å². The fourth-order valence-electron chi connectivity index (χ4n) is 4.57. The average Bonchev–Trinajstić information content (AvgIpc) is 3.13. The highest BCUT2D eigenvalue weighted by Crippen LogP contribution is 2.41. The predicted octanol–water partition coefficient (Wildman–Crippen LogP) is 4.48. The molecule has 0 spiro atoms. The molecule has 1 N–H and O–H groups in total. The number of nitrogens with zero attached hydrogens (tertiary/aromatic N) is 5. The molecule has 1 aromatic carbocycles. The van der Waals surface area contributed by atoms with Crippen molar-refractivity contribution in [3.8, 4) is 16.9 Å². The van der Waals surface area contributed by atoms with Crippen molar-refractivity contribution in [2.75, 3.05) is 4.90 Å². The summed E-state index contributed by atoms with van der Waals surface area (Å²) in [6, 6.07) is 5.16. The van der Waals surface area contributed by atoms with Gasteiger partial charge in [0, 0.05) is 35.8 Å². The molecule has 1 amide bonds. The van der Waals surface area contributed by atoms with Crippen LogP contribution in [-0.2, 0) is 10.4 Å². The van der Waals surface area contributed by atoms with E-state index in [1.807, 2.05) is 6.92 Å². The zero-order chi connectivity index (χ0) is 25.9. The van der Waals surface area contributed by atoms with Crippen LogP contribution < -0.4 is 9.64 Å². The van der Waals surface area contributed by atoms with E-state index in [0.29, 0.717) is 28.3 Å². The van der Waals surface area contributed by atoms with Gasteiger partial charge >= 0.3 is 0 Å². The maximum absolute atomic E-state index is 15.1. The number of anilines is 1. The summed E-state index contributed by atoms with van der Waals surface area (Å²) < 4.78 is 36.9. The molecule has 0 radical (unpaired) electrons. The number of amides is 1. The Kier molecular flexibility index (Phi) is 5.51. The van der Waals surface area contributed by atoms with Crippen molar-refractivity contribution in [3.05, 3.63) is 71.7 Å². The van der Waals surface area contributed by atoms with Crippen LogP contribution >= 0.6 is 0 Å². The van der Waals surface area contributed by atoms with Crippen LogP contribution in [0.4, 0.5) is 14.5 Å². The standard InChI is InChI=1S/C26H25F2N5O3/c1-13-22(14(2)33-20-8-6-7-18(27)23(20)36-15(3)24(33)34)32-12-17(19(28)9-21(32)31-13)16-10-29-25(30-11-16)26(4,5)35/h6-12,14-15,35H,1-5H3/t14?,15-/m1/s1. The minimum atomic E-state index is -1.23. The largest absolute Gasteiger partial charge is 0.476 e. The van der Waals surface area contributed by atoms with E-state index in [1.165, 1.54) is 35.5 Å². The second kappa shape index (κ2) is 8.34. The molecular formula is C26H25F2N5O3. The summed E-state index contributed by atoms with van der Waals surface area (Å²) in [4.78, 5) is 27.5. The van der Waals surface area contributed by atoms with Crippen LogP contribution in [-0.4, -0.2) is 36.5 Å². The van der Waals surface area contributed by atoms with Crippen molar-refractivity contribution in [2.24, 2.45) is 0 Å². The molecule has 0 fully saturated rings. The summed E-state index contributed by atoms with van der Waals surface area (Å²) >= 11 is 0. The Morgan fingerprint density at radius 1 is 1.17 bits per heavy atom. The van der Waals surface area contributed by atoms with E-state index in [2.05, 4.69) is 15.0 Å². The van der Waals surface area contributed by atoms with Crippen LogP contribution in [0.25, 0.3) is 16.8 Å². The number of carbonyl (C=O) groups excluding carboxylic acids is 1. The zero-order valence-electron chi connectivity index (χ0n) is 20.5. The highest BCUT2D eigenvalue weighted by Gasteiger charge is 2.38. The number of rotatable bonds is 4. The van der Waals surface area contributed by atoms with Gasteiger partial charge in [0.25, 0.3) is 5.91 Å². The average molecular weight is 494 g/mol. The van der Waals surface area contributed by atoms with Crippen LogP contribution in [0.1, 0.15) is 50.9 Å². The van der Waals surface area contributed by atoms with E-state index in [9.17, 15) is 14.3 Å². The Labute approximate surface area is 206 Å². The van der Waals surface area contributed by atoms with Gasteiger partial charge < -0.3 is 14.2 Å². The highest BCUT2D eigenvalue weighted by atomic mass is 19.1. The molecule has 8 nitrogen and oxygen atoms in total. The van der Waals surface area contributed by atoms with Crippen molar-refractivity contribution in [3.63, 3.8) is 0 Å². The number of pyridine rings is 1. The Hall–Kier alpha value is -3.92. The number of benzene rings is 1. The second-order valence-electron chi connectivity index (χ2n) is 9.43. The molecule has 1 aliphatic heterocycles. The smallest absolute Gasteiger partial charge is 0.268 e. The van der Waals surface area contributed by atoms with E-state index in [4.69, 9.17) is 4.74 Å². The predicted molar refractivity (Wildman–Crippen MR) is 129 cm³/mol. The van der Waals surface area contributed by atoms with Gasteiger partial charge in [-0.25, -0.2) is 23.7 Å². The minimum absolute atomic E-state index is 0.0127. The summed E-state index contributed by atoms with van der Waals surface area (Å²) in [5.41, 5.74) is 1.31. The molecule has 36 heavy (non-hydrogen) atoms. The van der Waals surface area contributed by atoms with Gasteiger partial charge in [-0.3, -0.25) is 9.69 Å². The maximum atomic E-state index is 15.1. The molecule has 2 atom stereocenters. The van der Waals surface area contributed by atoms with Crippen LogP contribution in [0, 0.1) is 18.6 Å². The first-order valence-electron chi connectivity index (χ1n) is 11.5. The zero-order valence-corrected chi connectivity index (χ0v) is 20.5. The minimum Gasteiger partial charge on any atom is -0.476 e. The fourth-order valence-corrected chi connectivity index (χ4v) is 4.57. The molecular weight excluding hydrogens is 468 g/mol. The number of carbonyl (C=O) groups is 1. The lowest BCUT2D eigenvalue weighted by Gasteiger charge is -2.37. The molecule has 0 saturated heterocycles. The van der Waals surface area contributed by atoms with E-state index in [-0.39, 0.29) is 23.0 Å². The lowest BCUT2D eigenvalue weighted by atomic mass is 10.1. The number of fused-ring (bicyclic) bond motifs is 2. The molecule has 0 aliphatic carbocycles. The van der Waals surface area contributed by atoms with Crippen LogP contribution in [0.3, 0.4) is 0 Å². The lowest BCUT2D eigenvalue weighted by Crippen LogP contribution is -2.46. The number of ether oxygens (including phenoxy) is 1. The summed E-state index contributed by atoms with van der Waals surface area (Å²) in [5.74, 6) is -1.18. The van der Waals surface area contributed by atoms with Gasteiger partial charge in [0.05, 0.1) is 23.1 Å². The molecule has 3 aromatic heterocycles. The normalized spacial score (nSPS) is 16.7. The van der Waals surface area contributed by atoms with E-state index >= 15 is 4.39 Å². The first-order chi connectivity index (χ1) is 17.0. The Bertz CT molecular complexity index is 1490. The monoisotopic (exact) mass is 493 g/mol. The molecule has 186 valence electrons. The third-order valence-electron chi connectivity index (χ3n) is 6.31. The van der Waals surface area contributed by atoms with Crippen LogP contribution in [0.15, 0.2) is 42.9 Å².